The van der Waals surface area contributed by atoms with Crippen LogP contribution in [0, 0.1) is 12.8 Å². The highest BCUT2D eigenvalue weighted by molar-refractivity contribution is 7.10. The summed E-state index contributed by atoms with van der Waals surface area (Å²) in [5.74, 6) is 0.765. The van der Waals surface area contributed by atoms with Crippen molar-refractivity contribution in [2.45, 2.75) is 25.8 Å². The first-order chi connectivity index (χ1) is 7.70. The molecule has 2 heterocycles. The highest BCUT2D eigenvalue weighted by Gasteiger charge is 2.28. The molecule has 1 aromatic rings. The van der Waals surface area contributed by atoms with Gasteiger partial charge in [0.1, 0.15) is 0 Å². The molecule has 0 amide bonds. The summed E-state index contributed by atoms with van der Waals surface area (Å²) >= 11 is 1.91. The molecule has 2 nitrogen and oxygen atoms in total. The molecule has 0 aliphatic carbocycles. The fourth-order valence-electron chi connectivity index (χ4n) is 2.71. The predicted molar refractivity (Wildman–Crippen MR) is 71.1 cm³/mol. The predicted octanol–water partition coefficient (Wildman–Crippen LogP) is 2.66. The summed E-state index contributed by atoms with van der Waals surface area (Å²) in [6.07, 6.45) is 2.67. The van der Waals surface area contributed by atoms with Crippen molar-refractivity contribution in [3.63, 3.8) is 0 Å². The molecule has 1 fully saturated rings. The minimum atomic E-state index is 0.591. The molecule has 0 spiro atoms. The van der Waals surface area contributed by atoms with Gasteiger partial charge in [0.25, 0.3) is 0 Å². The van der Waals surface area contributed by atoms with Gasteiger partial charge in [0, 0.05) is 10.9 Å². The molecule has 1 aliphatic rings. The van der Waals surface area contributed by atoms with E-state index in [2.05, 4.69) is 42.7 Å². The molecule has 0 saturated carbocycles. The third-order valence-electron chi connectivity index (χ3n) is 3.51. The van der Waals surface area contributed by atoms with Gasteiger partial charge in [-0.25, -0.2) is 0 Å². The van der Waals surface area contributed by atoms with E-state index in [0.29, 0.717) is 6.04 Å². The highest BCUT2D eigenvalue weighted by Crippen LogP contribution is 2.35. The molecule has 1 aromatic heterocycles. The lowest BCUT2D eigenvalue weighted by molar-refractivity contribution is 0.184. The van der Waals surface area contributed by atoms with E-state index in [4.69, 9.17) is 0 Å². The van der Waals surface area contributed by atoms with Crippen LogP contribution in [-0.2, 0) is 0 Å². The number of piperidine rings is 1. The Balaban J connectivity index is 2.19. The largest absolute Gasteiger partial charge is 0.316 e. The van der Waals surface area contributed by atoms with Crippen molar-refractivity contribution >= 4 is 11.3 Å². The first-order valence-electron chi connectivity index (χ1n) is 6.11. The lowest BCUT2D eigenvalue weighted by Crippen LogP contribution is -2.38. The summed E-state index contributed by atoms with van der Waals surface area (Å²) in [7, 11) is 4.41. The topological polar surface area (TPSA) is 15.3 Å². The van der Waals surface area contributed by atoms with Crippen LogP contribution in [-0.4, -0.2) is 32.1 Å². The zero-order valence-corrected chi connectivity index (χ0v) is 11.3. The Kier molecular flexibility index (Phi) is 4.00. The smallest absolute Gasteiger partial charge is 0.0478 e. The van der Waals surface area contributed by atoms with E-state index in [0.717, 1.165) is 5.92 Å². The van der Waals surface area contributed by atoms with E-state index in [1.54, 1.807) is 4.88 Å². The maximum absolute atomic E-state index is 3.53. The van der Waals surface area contributed by atoms with Crippen LogP contribution in [0.2, 0.25) is 0 Å². The van der Waals surface area contributed by atoms with Gasteiger partial charge in [-0.05, 0) is 69.9 Å². The number of hydrogen-bond donors (Lipinski definition) is 1. The van der Waals surface area contributed by atoms with Gasteiger partial charge in [-0.2, -0.15) is 0 Å². The molecular weight excluding hydrogens is 216 g/mol. The monoisotopic (exact) mass is 238 g/mol. The molecule has 2 rings (SSSR count). The van der Waals surface area contributed by atoms with Crippen LogP contribution >= 0.6 is 11.3 Å². The van der Waals surface area contributed by atoms with Crippen LogP contribution in [0.25, 0.3) is 0 Å². The second kappa shape index (κ2) is 5.30. The average molecular weight is 238 g/mol. The standard InChI is InChI=1S/C13H22N2S/c1-10-6-8-16-13(10)12(15(2)3)11-5-4-7-14-9-11/h6,8,11-12,14H,4-5,7,9H2,1-3H3. The molecule has 90 valence electrons. The summed E-state index contributed by atoms with van der Waals surface area (Å²) in [5.41, 5.74) is 1.45. The number of nitrogens with one attached hydrogen (secondary N) is 1. The summed E-state index contributed by atoms with van der Waals surface area (Å²) in [5, 5.41) is 5.75. The first kappa shape index (κ1) is 12.1. The Labute approximate surface area is 103 Å². The first-order valence-corrected chi connectivity index (χ1v) is 6.99. The van der Waals surface area contributed by atoms with E-state index in [1.807, 2.05) is 11.3 Å². The number of hydrogen-bond acceptors (Lipinski definition) is 3. The van der Waals surface area contributed by atoms with Crippen LogP contribution in [0.1, 0.15) is 29.3 Å². The van der Waals surface area contributed by atoms with Crippen molar-refractivity contribution in [1.82, 2.24) is 10.2 Å². The maximum Gasteiger partial charge on any atom is 0.0478 e. The normalized spacial score (nSPS) is 23.6. The lowest BCUT2D eigenvalue weighted by atomic mass is 9.89. The van der Waals surface area contributed by atoms with E-state index >= 15 is 0 Å². The molecule has 0 radical (unpaired) electrons. The molecule has 0 aromatic carbocycles. The zero-order chi connectivity index (χ0) is 11.5. The summed E-state index contributed by atoms with van der Waals surface area (Å²) < 4.78 is 0. The molecule has 3 heteroatoms. The molecule has 1 aliphatic heterocycles. The molecular formula is C13H22N2S. The Morgan fingerprint density at radius 2 is 2.31 bits per heavy atom. The van der Waals surface area contributed by atoms with Gasteiger partial charge < -0.3 is 10.2 Å². The second-order valence-corrected chi connectivity index (χ2v) is 5.93. The molecule has 16 heavy (non-hydrogen) atoms. The van der Waals surface area contributed by atoms with Gasteiger partial charge in [0.2, 0.25) is 0 Å². The molecule has 1 N–H and O–H groups in total. The zero-order valence-electron chi connectivity index (χ0n) is 10.5. The third-order valence-corrected chi connectivity index (χ3v) is 4.60. The van der Waals surface area contributed by atoms with Crippen LogP contribution in [0.3, 0.4) is 0 Å². The Hall–Kier alpha value is -0.380. The SMILES string of the molecule is Cc1ccsc1C(C1CCCNC1)N(C)C. The molecule has 0 bridgehead atoms. The van der Waals surface area contributed by atoms with Crippen LogP contribution < -0.4 is 5.32 Å². The van der Waals surface area contributed by atoms with Gasteiger partial charge in [0.15, 0.2) is 0 Å². The lowest BCUT2D eigenvalue weighted by Gasteiger charge is -2.35. The van der Waals surface area contributed by atoms with Crippen molar-refractivity contribution in [2.24, 2.45) is 5.92 Å². The fourth-order valence-corrected chi connectivity index (χ4v) is 3.92. The third kappa shape index (κ3) is 2.47. The van der Waals surface area contributed by atoms with Crippen LogP contribution in [0.15, 0.2) is 11.4 Å². The average Bonchev–Trinajstić information content (AvgIpc) is 2.66. The van der Waals surface area contributed by atoms with Gasteiger partial charge >= 0.3 is 0 Å². The van der Waals surface area contributed by atoms with Crippen LogP contribution in [0.5, 0.6) is 0 Å². The van der Waals surface area contributed by atoms with Crippen molar-refractivity contribution in [3.8, 4) is 0 Å². The summed E-state index contributed by atoms with van der Waals surface area (Å²) in [6.45, 7) is 4.60. The van der Waals surface area contributed by atoms with E-state index in [9.17, 15) is 0 Å². The number of nitrogens with zero attached hydrogens (tertiary/aromatic N) is 1. The van der Waals surface area contributed by atoms with Crippen molar-refractivity contribution in [1.29, 1.82) is 0 Å². The number of thiophene rings is 1. The second-order valence-electron chi connectivity index (χ2n) is 4.98. The van der Waals surface area contributed by atoms with Gasteiger partial charge in [-0.1, -0.05) is 0 Å². The van der Waals surface area contributed by atoms with Crippen molar-refractivity contribution in [2.75, 3.05) is 27.2 Å². The number of aryl methyl sites for hydroxylation is 1. The van der Waals surface area contributed by atoms with Crippen molar-refractivity contribution in [3.05, 3.63) is 21.9 Å². The van der Waals surface area contributed by atoms with Gasteiger partial charge in [0.05, 0.1) is 0 Å². The Morgan fingerprint density at radius 3 is 2.81 bits per heavy atom. The Bertz CT molecular complexity index is 326. The maximum atomic E-state index is 3.53. The molecule has 2 unspecified atom stereocenters. The van der Waals surface area contributed by atoms with Crippen LogP contribution in [0.4, 0.5) is 0 Å². The van der Waals surface area contributed by atoms with E-state index < -0.39 is 0 Å². The van der Waals surface area contributed by atoms with Crippen molar-refractivity contribution < 1.29 is 0 Å². The number of rotatable bonds is 3. The van der Waals surface area contributed by atoms with E-state index in [1.165, 1.54) is 31.5 Å². The quantitative estimate of drug-likeness (QED) is 0.871. The molecule has 2 atom stereocenters. The minimum absolute atomic E-state index is 0.591. The summed E-state index contributed by atoms with van der Waals surface area (Å²) in [6, 6.07) is 2.83. The van der Waals surface area contributed by atoms with E-state index in [-0.39, 0.29) is 0 Å². The minimum Gasteiger partial charge on any atom is -0.316 e. The highest BCUT2D eigenvalue weighted by atomic mass is 32.1. The molecule has 1 saturated heterocycles. The fraction of sp³-hybridized carbons (Fsp3) is 0.692. The van der Waals surface area contributed by atoms with Gasteiger partial charge in [-0.15, -0.1) is 11.3 Å². The summed E-state index contributed by atoms with van der Waals surface area (Å²) in [4.78, 5) is 3.94. The Morgan fingerprint density at radius 1 is 1.50 bits per heavy atom. The van der Waals surface area contributed by atoms with Gasteiger partial charge in [-0.3, -0.25) is 0 Å².